The van der Waals surface area contributed by atoms with Crippen molar-refractivity contribution in [2.45, 2.75) is 76.9 Å². The van der Waals surface area contributed by atoms with Gasteiger partial charge in [0.15, 0.2) is 0 Å². The molecule has 0 aromatic carbocycles. The van der Waals surface area contributed by atoms with Crippen molar-refractivity contribution < 1.29 is 5.32 Å². The van der Waals surface area contributed by atoms with Crippen molar-refractivity contribution in [3.05, 3.63) is 0 Å². The van der Waals surface area contributed by atoms with Crippen LogP contribution in [0.1, 0.15) is 72.1 Å². The first kappa shape index (κ1) is 22.6. The van der Waals surface area contributed by atoms with Gasteiger partial charge >= 0.3 is 0 Å². The zero-order valence-electron chi connectivity index (χ0n) is 15.8. The normalized spacial score (nSPS) is 12.3. The van der Waals surface area contributed by atoms with Gasteiger partial charge in [0.2, 0.25) is 0 Å². The van der Waals surface area contributed by atoms with Gasteiger partial charge in [0, 0.05) is 17.0 Å². The molecule has 4 heteroatoms. The van der Waals surface area contributed by atoms with Crippen LogP contribution in [0.2, 0.25) is 0 Å². The highest BCUT2D eigenvalue weighted by Crippen LogP contribution is 2.24. The first-order chi connectivity index (χ1) is 10.5. The monoisotopic (exact) mass is 349 g/mol. The summed E-state index contributed by atoms with van der Waals surface area (Å²) in [6.45, 7) is 9.48. The summed E-state index contributed by atoms with van der Waals surface area (Å²) in [7, 11) is 4.41. The molecular formula is C18H41N2S2+. The van der Waals surface area contributed by atoms with Crippen molar-refractivity contribution in [1.82, 2.24) is 4.31 Å². The molecule has 0 fully saturated rings. The molecular weight excluding hydrogens is 308 g/mol. The quantitative estimate of drug-likeness (QED) is 0.349. The SMILES string of the molecule is C[NH2+]CCCCCCN(C)SCCCCCCSC(C)(C)C. The zero-order valence-corrected chi connectivity index (χ0v) is 17.5. The van der Waals surface area contributed by atoms with Gasteiger partial charge in [0.25, 0.3) is 0 Å². The highest BCUT2D eigenvalue weighted by atomic mass is 32.2. The number of nitrogens with two attached hydrogens (primary N) is 1. The van der Waals surface area contributed by atoms with Crippen LogP contribution in [0.25, 0.3) is 0 Å². The van der Waals surface area contributed by atoms with Crippen LogP contribution in [0.3, 0.4) is 0 Å². The largest absolute Gasteiger partial charge is 0.349 e. The predicted molar refractivity (Wildman–Crippen MR) is 107 cm³/mol. The van der Waals surface area contributed by atoms with E-state index in [0.717, 1.165) is 0 Å². The van der Waals surface area contributed by atoms with Crippen LogP contribution in [0.5, 0.6) is 0 Å². The Bertz CT molecular complexity index is 230. The fraction of sp³-hybridized carbons (Fsp3) is 1.00. The molecule has 2 N–H and O–H groups in total. The summed E-state index contributed by atoms with van der Waals surface area (Å²) in [6.07, 6.45) is 11.1. The van der Waals surface area contributed by atoms with Gasteiger partial charge in [-0.15, -0.1) is 0 Å². The Morgan fingerprint density at radius 1 is 0.818 bits per heavy atom. The Labute approximate surface area is 149 Å². The van der Waals surface area contributed by atoms with E-state index in [2.05, 4.69) is 56.3 Å². The first-order valence-corrected chi connectivity index (χ1v) is 11.1. The molecule has 0 aliphatic heterocycles. The van der Waals surface area contributed by atoms with E-state index < -0.39 is 0 Å². The van der Waals surface area contributed by atoms with E-state index in [1.54, 1.807) is 0 Å². The average molecular weight is 350 g/mol. The van der Waals surface area contributed by atoms with E-state index in [9.17, 15) is 0 Å². The average Bonchev–Trinajstić information content (AvgIpc) is 2.44. The Hall–Kier alpha value is 0.620. The van der Waals surface area contributed by atoms with Crippen LogP contribution in [0.15, 0.2) is 0 Å². The molecule has 0 saturated carbocycles. The van der Waals surface area contributed by atoms with Gasteiger partial charge in [-0.1, -0.05) is 52.0 Å². The fourth-order valence-corrected chi connectivity index (χ4v) is 4.12. The van der Waals surface area contributed by atoms with Crippen molar-refractivity contribution in [1.29, 1.82) is 0 Å². The maximum atomic E-state index is 2.45. The molecule has 0 spiro atoms. The van der Waals surface area contributed by atoms with Gasteiger partial charge in [-0.05, 0) is 44.9 Å². The van der Waals surface area contributed by atoms with E-state index in [4.69, 9.17) is 0 Å². The van der Waals surface area contributed by atoms with Gasteiger partial charge in [-0.2, -0.15) is 11.8 Å². The first-order valence-electron chi connectivity index (χ1n) is 9.21. The molecule has 0 aromatic heterocycles. The number of hydrogen-bond acceptors (Lipinski definition) is 3. The molecule has 0 radical (unpaired) electrons. The summed E-state index contributed by atoms with van der Waals surface area (Å²) in [4.78, 5) is 0. The number of nitrogens with zero attached hydrogens (tertiary/aromatic N) is 1. The lowest BCUT2D eigenvalue weighted by Gasteiger charge is -2.17. The van der Waals surface area contributed by atoms with E-state index >= 15 is 0 Å². The summed E-state index contributed by atoms with van der Waals surface area (Å²) in [6, 6.07) is 0. The van der Waals surface area contributed by atoms with Crippen LogP contribution in [-0.4, -0.2) is 47.7 Å². The maximum absolute atomic E-state index is 2.45. The number of quaternary nitrogens is 1. The third-order valence-electron chi connectivity index (χ3n) is 3.60. The molecule has 0 saturated heterocycles. The Balaban J connectivity index is 3.20. The molecule has 2 nitrogen and oxygen atoms in total. The molecule has 0 atom stereocenters. The molecule has 0 aliphatic carbocycles. The van der Waals surface area contributed by atoms with E-state index in [0.29, 0.717) is 4.75 Å². The van der Waals surface area contributed by atoms with Crippen LogP contribution in [0, 0.1) is 0 Å². The molecule has 0 rings (SSSR count). The Morgan fingerprint density at radius 2 is 1.41 bits per heavy atom. The molecule has 134 valence electrons. The van der Waals surface area contributed by atoms with E-state index in [1.165, 1.54) is 76.0 Å². The van der Waals surface area contributed by atoms with Crippen molar-refractivity contribution in [2.24, 2.45) is 0 Å². The topological polar surface area (TPSA) is 19.9 Å². The summed E-state index contributed by atoms with van der Waals surface area (Å²) >= 11 is 4.14. The Morgan fingerprint density at radius 3 is 2.05 bits per heavy atom. The maximum Gasteiger partial charge on any atom is 0.0753 e. The van der Waals surface area contributed by atoms with Gasteiger partial charge in [-0.3, -0.25) is 4.31 Å². The number of unbranched alkanes of at least 4 members (excludes halogenated alkanes) is 6. The highest BCUT2D eigenvalue weighted by Gasteiger charge is 2.09. The lowest BCUT2D eigenvalue weighted by molar-refractivity contribution is -0.627. The van der Waals surface area contributed by atoms with Crippen molar-refractivity contribution in [2.75, 3.05) is 38.7 Å². The van der Waals surface area contributed by atoms with Gasteiger partial charge < -0.3 is 5.32 Å². The molecule has 0 aliphatic rings. The fourth-order valence-electron chi connectivity index (χ4n) is 2.26. The van der Waals surface area contributed by atoms with Gasteiger partial charge in [0.05, 0.1) is 13.6 Å². The minimum absolute atomic E-state index is 0.438. The molecule has 0 unspecified atom stereocenters. The third kappa shape index (κ3) is 18.7. The van der Waals surface area contributed by atoms with Crippen LogP contribution in [-0.2, 0) is 0 Å². The summed E-state index contributed by atoms with van der Waals surface area (Å²) in [5, 5.41) is 2.28. The smallest absolute Gasteiger partial charge is 0.0753 e. The number of rotatable bonds is 15. The predicted octanol–water partition coefficient (Wildman–Crippen LogP) is 4.41. The molecule has 22 heavy (non-hydrogen) atoms. The lowest BCUT2D eigenvalue weighted by atomic mass is 10.2. The Kier molecular flexibility index (Phi) is 15.6. The zero-order chi connectivity index (χ0) is 16.7. The van der Waals surface area contributed by atoms with Gasteiger partial charge in [-0.25, -0.2) is 0 Å². The highest BCUT2D eigenvalue weighted by molar-refractivity contribution is 8.00. The second kappa shape index (κ2) is 15.2. The summed E-state index contributed by atoms with van der Waals surface area (Å²) in [5.74, 6) is 2.63. The van der Waals surface area contributed by atoms with Crippen molar-refractivity contribution in [3.63, 3.8) is 0 Å². The minimum Gasteiger partial charge on any atom is -0.349 e. The van der Waals surface area contributed by atoms with Crippen LogP contribution in [0.4, 0.5) is 0 Å². The second-order valence-corrected chi connectivity index (χ2v) is 10.4. The van der Waals surface area contributed by atoms with Crippen LogP contribution < -0.4 is 5.32 Å². The van der Waals surface area contributed by atoms with E-state index in [1.807, 2.05) is 11.9 Å². The number of hydrogen-bond donors (Lipinski definition) is 1. The standard InChI is InChI=1S/C18H40N2S2/c1-18(2,3)21-16-12-8-9-13-17-22-20(5)15-11-7-6-10-14-19-4/h19H,6-17H2,1-5H3/p+1. The molecule has 0 heterocycles. The van der Waals surface area contributed by atoms with Gasteiger partial charge in [0.1, 0.15) is 0 Å². The molecule has 0 amide bonds. The third-order valence-corrected chi connectivity index (χ3v) is 6.05. The van der Waals surface area contributed by atoms with E-state index in [-0.39, 0.29) is 0 Å². The summed E-state index contributed by atoms with van der Waals surface area (Å²) < 4.78 is 2.88. The minimum atomic E-state index is 0.438. The lowest BCUT2D eigenvalue weighted by Crippen LogP contribution is -2.79. The number of thioether (sulfide) groups is 1. The van der Waals surface area contributed by atoms with Crippen LogP contribution >= 0.6 is 23.7 Å². The summed E-state index contributed by atoms with van der Waals surface area (Å²) in [5.41, 5.74) is 0. The molecule has 0 bridgehead atoms. The van der Waals surface area contributed by atoms with Crippen molar-refractivity contribution >= 4 is 23.7 Å². The second-order valence-electron chi connectivity index (χ2n) is 7.17. The van der Waals surface area contributed by atoms with Crippen molar-refractivity contribution in [3.8, 4) is 0 Å². The molecule has 0 aromatic rings.